The molecule has 1 aromatic carbocycles. The van der Waals surface area contributed by atoms with E-state index in [1.54, 1.807) is 24.5 Å². The van der Waals surface area contributed by atoms with E-state index in [9.17, 15) is 5.11 Å². The summed E-state index contributed by atoms with van der Waals surface area (Å²) in [5.74, 6) is 0.656. The molecular formula is C22H29IN6O. The van der Waals surface area contributed by atoms with Crippen LogP contribution in [0.15, 0.2) is 59.9 Å². The van der Waals surface area contributed by atoms with Gasteiger partial charge in [-0.15, -0.1) is 24.0 Å². The molecule has 0 amide bonds. The van der Waals surface area contributed by atoms with E-state index in [-0.39, 0.29) is 24.0 Å². The van der Waals surface area contributed by atoms with Crippen LogP contribution in [0.25, 0.3) is 5.69 Å². The summed E-state index contributed by atoms with van der Waals surface area (Å²) in [6.07, 6.45) is 2.71. The van der Waals surface area contributed by atoms with Crippen LogP contribution >= 0.6 is 24.0 Å². The minimum absolute atomic E-state index is 0. The van der Waals surface area contributed by atoms with Crippen LogP contribution in [0, 0.1) is 13.8 Å². The summed E-state index contributed by atoms with van der Waals surface area (Å²) in [7, 11) is 0. The fourth-order valence-electron chi connectivity index (χ4n) is 3.13. The summed E-state index contributed by atoms with van der Waals surface area (Å²) in [5, 5.41) is 21.4. The first-order valence-electron chi connectivity index (χ1n) is 9.80. The standard InChI is InChI=1S/C22H28N6O.HI/c1-4-24-22(26-15-21(29)18-9-11-23-12-10-18)25-14-19-7-5-6-8-20(19)28-17(3)13-16(2)27-28;/h5-13,21,29H,4,14-15H2,1-3H3,(H2,24,25,26);1H. The fourth-order valence-corrected chi connectivity index (χ4v) is 3.13. The van der Waals surface area contributed by atoms with E-state index in [0.29, 0.717) is 19.0 Å². The highest BCUT2D eigenvalue weighted by molar-refractivity contribution is 14.0. The number of halogens is 1. The van der Waals surface area contributed by atoms with Crippen molar-refractivity contribution >= 4 is 29.9 Å². The lowest BCUT2D eigenvalue weighted by Crippen LogP contribution is -2.39. The van der Waals surface area contributed by atoms with Gasteiger partial charge in [0.2, 0.25) is 0 Å². The van der Waals surface area contributed by atoms with Crippen molar-refractivity contribution in [3.8, 4) is 5.69 Å². The van der Waals surface area contributed by atoms with Crippen molar-refractivity contribution in [2.45, 2.75) is 33.4 Å². The number of guanidine groups is 1. The Morgan fingerprint density at radius 1 is 1.13 bits per heavy atom. The number of nitrogens with zero attached hydrogens (tertiary/aromatic N) is 4. The Bertz CT molecular complexity index is 957. The lowest BCUT2D eigenvalue weighted by molar-refractivity contribution is 0.180. The number of para-hydroxylation sites is 1. The molecule has 0 saturated heterocycles. The second-order valence-corrected chi connectivity index (χ2v) is 6.84. The molecule has 0 bridgehead atoms. The minimum Gasteiger partial charge on any atom is -0.387 e. The van der Waals surface area contributed by atoms with E-state index in [1.165, 1.54) is 0 Å². The van der Waals surface area contributed by atoms with Gasteiger partial charge < -0.3 is 15.7 Å². The highest BCUT2D eigenvalue weighted by atomic mass is 127. The molecule has 3 N–H and O–H groups in total. The molecule has 2 heterocycles. The lowest BCUT2D eigenvalue weighted by atomic mass is 10.1. The Morgan fingerprint density at radius 3 is 2.53 bits per heavy atom. The number of nitrogens with one attached hydrogen (secondary N) is 2. The molecule has 7 nitrogen and oxygen atoms in total. The average molecular weight is 520 g/mol. The van der Waals surface area contributed by atoms with Gasteiger partial charge in [-0.25, -0.2) is 9.67 Å². The zero-order chi connectivity index (χ0) is 20.6. The van der Waals surface area contributed by atoms with Gasteiger partial charge in [-0.2, -0.15) is 5.10 Å². The highest BCUT2D eigenvalue weighted by Gasteiger charge is 2.10. The molecule has 0 aliphatic heterocycles. The molecular weight excluding hydrogens is 491 g/mol. The van der Waals surface area contributed by atoms with Gasteiger partial charge in [0.05, 0.1) is 24.0 Å². The van der Waals surface area contributed by atoms with Crippen molar-refractivity contribution in [3.63, 3.8) is 0 Å². The summed E-state index contributed by atoms with van der Waals surface area (Å²) in [5.41, 5.74) is 4.99. The van der Waals surface area contributed by atoms with Gasteiger partial charge in [-0.1, -0.05) is 18.2 Å². The SMILES string of the molecule is CCNC(=NCc1ccccc1-n1nc(C)cc1C)NCC(O)c1ccncc1.I. The summed E-state index contributed by atoms with van der Waals surface area (Å²) < 4.78 is 1.95. The first-order valence-corrected chi connectivity index (χ1v) is 9.80. The molecule has 0 aliphatic carbocycles. The van der Waals surface area contributed by atoms with Gasteiger partial charge in [0, 0.05) is 31.2 Å². The third-order valence-electron chi connectivity index (χ3n) is 4.53. The smallest absolute Gasteiger partial charge is 0.191 e. The second kappa shape index (κ2) is 11.7. The first kappa shape index (κ1) is 23.8. The van der Waals surface area contributed by atoms with Crippen molar-refractivity contribution in [1.82, 2.24) is 25.4 Å². The third-order valence-corrected chi connectivity index (χ3v) is 4.53. The van der Waals surface area contributed by atoms with Crippen LogP contribution in [0.5, 0.6) is 0 Å². The number of pyridine rings is 1. The van der Waals surface area contributed by atoms with Crippen molar-refractivity contribution < 1.29 is 5.11 Å². The number of hydrogen-bond acceptors (Lipinski definition) is 4. The van der Waals surface area contributed by atoms with Crippen molar-refractivity contribution in [1.29, 1.82) is 0 Å². The maximum absolute atomic E-state index is 10.4. The number of aliphatic imine (C=N–C) groups is 1. The number of benzene rings is 1. The zero-order valence-corrected chi connectivity index (χ0v) is 19.9. The molecule has 0 aliphatic rings. The Labute approximate surface area is 194 Å². The van der Waals surface area contributed by atoms with Gasteiger partial charge >= 0.3 is 0 Å². The number of rotatable bonds is 7. The molecule has 160 valence electrons. The summed E-state index contributed by atoms with van der Waals surface area (Å²) in [6.45, 7) is 7.64. The molecule has 3 aromatic rings. The van der Waals surface area contributed by atoms with E-state index in [4.69, 9.17) is 4.99 Å². The maximum Gasteiger partial charge on any atom is 0.191 e. The number of aryl methyl sites for hydroxylation is 2. The van der Waals surface area contributed by atoms with Crippen molar-refractivity contribution in [3.05, 3.63) is 77.4 Å². The first-order chi connectivity index (χ1) is 14.1. The van der Waals surface area contributed by atoms with Crippen LogP contribution in [0.1, 0.15) is 35.5 Å². The molecule has 1 atom stereocenters. The van der Waals surface area contributed by atoms with E-state index >= 15 is 0 Å². The zero-order valence-electron chi connectivity index (χ0n) is 17.5. The summed E-state index contributed by atoms with van der Waals surface area (Å²) >= 11 is 0. The molecule has 8 heteroatoms. The predicted molar refractivity (Wildman–Crippen MR) is 130 cm³/mol. The van der Waals surface area contributed by atoms with Gasteiger partial charge in [-0.3, -0.25) is 4.98 Å². The Balaban J connectivity index is 0.00000320. The second-order valence-electron chi connectivity index (χ2n) is 6.84. The fraction of sp³-hybridized carbons (Fsp3) is 0.318. The average Bonchev–Trinajstić information content (AvgIpc) is 3.08. The molecule has 30 heavy (non-hydrogen) atoms. The summed E-state index contributed by atoms with van der Waals surface area (Å²) in [6, 6.07) is 13.8. The van der Waals surface area contributed by atoms with Crippen LogP contribution in [0.4, 0.5) is 0 Å². The molecule has 0 radical (unpaired) electrons. The minimum atomic E-state index is -0.635. The predicted octanol–water partition coefficient (Wildman–Crippen LogP) is 3.29. The largest absolute Gasteiger partial charge is 0.387 e. The summed E-state index contributed by atoms with van der Waals surface area (Å²) in [4.78, 5) is 8.68. The van der Waals surface area contributed by atoms with Crippen LogP contribution < -0.4 is 10.6 Å². The third kappa shape index (κ3) is 6.27. The lowest BCUT2D eigenvalue weighted by Gasteiger charge is -2.16. The highest BCUT2D eigenvalue weighted by Crippen LogP contribution is 2.18. The van der Waals surface area contributed by atoms with Gasteiger partial charge in [0.1, 0.15) is 0 Å². The number of aliphatic hydroxyl groups excluding tert-OH is 1. The Kier molecular flexibility index (Phi) is 9.25. The van der Waals surface area contributed by atoms with Crippen LogP contribution in [-0.2, 0) is 6.54 Å². The topological polar surface area (TPSA) is 87.4 Å². The molecule has 0 spiro atoms. The normalized spacial score (nSPS) is 12.2. The van der Waals surface area contributed by atoms with Gasteiger partial charge in [0.25, 0.3) is 0 Å². The number of aromatic nitrogens is 3. The van der Waals surface area contributed by atoms with Crippen LogP contribution in [0.2, 0.25) is 0 Å². The van der Waals surface area contributed by atoms with Crippen molar-refractivity contribution in [2.75, 3.05) is 13.1 Å². The molecule has 1 unspecified atom stereocenters. The van der Waals surface area contributed by atoms with E-state index < -0.39 is 6.10 Å². The van der Waals surface area contributed by atoms with Crippen LogP contribution in [-0.4, -0.2) is 38.9 Å². The molecule has 2 aromatic heterocycles. The number of aliphatic hydroxyl groups is 1. The number of hydrogen-bond donors (Lipinski definition) is 3. The molecule has 0 fully saturated rings. The Morgan fingerprint density at radius 2 is 1.87 bits per heavy atom. The van der Waals surface area contributed by atoms with Gasteiger partial charge in [0.15, 0.2) is 5.96 Å². The Hall–Kier alpha value is -2.46. The molecule has 0 saturated carbocycles. The van der Waals surface area contributed by atoms with Crippen molar-refractivity contribution in [2.24, 2.45) is 4.99 Å². The maximum atomic E-state index is 10.4. The van der Waals surface area contributed by atoms with Crippen LogP contribution in [0.3, 0.4) is 0 Å². The van der Waals surface area contributed by atoms with E-state index in [2.05, 4.69) is 38.9 Å². The molecule has 3 rings (SSSR count). The monoisotopic (exact) mass is 520 g/mol. The quantitative estimate of drug-likeness (QED) is 0.253. The van der Waals surface area contributed by atoms with E-state index in [1.807, 2.05) is 37.6 Å². The van der Waals surface area contributed by atoms with E-state index in [0.717, 1.165) is 34.7 Å². The van der Waals surface area contributed by atoms with Gasteiger partial charge in [-0.05, 0) is 56.2 Å².